The summed E-state index contributed by atoms with van der Waals surface area (Å²) in [5.74, 6) is 0.237. The van der Waals surface area contributed by atoms with Crippen LogP contribution in [0, 0.1) is 18.3 Å². The molecule has 1 heterocycles. The summed E-state index contributed by atoms with van der Waals surface area (Å²) in [6, 6.07) is 22.3. The van der Waals surface area contributed by atoms with Crippen LogP contribution in [0.5, 0.6) is 5.75 Å². The molecule has 0 saturated heterocycles. The summed E-state index contributed by atoms with van der Waals surface area (Å²) in [4.78, 5) is 3.40. The molecule has 5 nitrogen and oxygen atoms in total. The molecule has 0 aliphatic carbocycles. The van der Waals surface area contributed by atoms with Gasteiger partial charge in [-0.2, -0.15) is 5.26 Å². The second-order valence-corrected chi connectivity index (χ2v) is 7.43. The van der Waals surface area contributed by atoms with Gasteiger partial charge in [-0.1, -0.05) is 23.8 Å². The number of aromatic amines is 1. The number of aromatic nitrogens is 1. The van der Waals surface area contributed by atoms with Crippen LogP contribution in [0.15, 0.2) is 66.7 Å². The van der Waals surface area contributed by atoms with E-state index in [1.807, 2.05) is 18.2 Å². The first-order valence-electron chi connectivity index (χ1n) is 9.87. The van der Waals surface area contributed by atoms with Crippen molar-refractivity contribution in [2.24, 2.45) is 0 Å². The summed E-state index contributed by atoms with van der Waals surface area (Å²) in [7, 11) is 0. The van der Waals surface area contributed by atoms with Gasteiger partial charge in [-0.15, -0.1) is 0 Å². The predicted molar refractivity (Wildman–Crippen MR) is 119 cm³/mol. The molecule has 3 aromatic carbocycles. The number of fused-ring (bicyclic) bond motifs is 1. The second-order valence-electron chi connectivity index (χ2n) is 7.43. The fraction of sp³-hybridized carbons (Fsp3) is 0.160. The molecule has 5 heteroatoms. The topological polar surface area (TPSA) is 92.1 Å². The maximum atomic E-state index is 11.1. The maximum absolute atomic E-state index is 11.1. The molecule has 0 fully saturated rings. The minimum Gasteiger partial charge on any atom is -0.508 e. The van der Waals surface area contributed by atoms with Crippen LogP contribution in [0.2, 0.25) is 0 Å². The van der Waals surface area contributed by atoms with Gasteiger partial charge in [0.1, 0.15) is 11.9 Å². The fourth-order valence-electron chi connectivity index (χ4n) is 3.70. The third-order valence-electron chi connectivity index (χ3n) is 5.30. The van der Waals surface area contributed by atoms with Gasteiger partial charge >= 0.3 is 0 Å². The first-order chi connectivity index (χ1) is 14.5. The molecule has 0 spiro atoms. The lowest BCUT2D eigenvalue weighted by Gasteiger charge is -2.14. The smallest absolute Gasteiger partial charge is 0.119 e. The third-order valence-corrected chi connectivity index (χ3v) is 5.30. The van der Waals surface area contributed by atoms with Crippen LogP contribution >= 0.6 is 0 Å². The number of hydrogen-bond acceptors (Lipinski definition) is 4. The number of nitriles is 1. The van der Waals surface area contributed by atoms with Crippen molar-refractivity contribution in [2.45, 2.75) is 19.4 Å². The Bertz CT molecular complexity index is 1200. The van der Waals surface area contributed by atoms with Crippen LogP contribution < -0.4 is 5.32 Å². The summed E-state index contributed by atoms with van der Waals surface area (Å²) < 4.78 is 0. The summed E-state index contributed by atoms with van der Waals surface area (Å²) in [6.45, 7) is 2.74. The number of aryl methyl sites for hydroxylation is 1. The van der Waals surface area contributed by atoms with E-state index >= 15 is 0 Å². The second kappa shape index (κ2) is 8.32. The number of aromatic hydroxyl groups is 1. The van der Waals surface area contributed by atoms with E-state index in [2.05, 4.69) is 35.4 Å². The van der Waals surface area contributed by atoms with E-state index in [1.54, 1.807) is 36.4 Å². The first kappa shape index (κ1) is 19.6. The molecule has 0 aliphatic heterocycles. The van der Waals surface area contributed by atoms with Crippen LogP contribution in [0.3, 0.4) is 0 Å². The van der Waals surface area contributed by atoms with E-state index in [1.165, 1.54) is 0 Å². The van der Waals surface area contributed by atoms with E-state index in [0.29, 0.717) is 18.5 Å². The molecule has 0 amide bonds. The molecule has 0 bridgehead atoms. The van der Waals surface area contributed by atoms with E-state index in [-0.39, 0.29) is 5.75 Å². The standard InChI is InChI=1S/C25H23N3O2/c1-16-2-11-23-22(14-16)21(12-13-27-19-7-9-20(29)10-8-19)24(28-23)25(30)18-5-3-17(15-26)4-6-18/h2-11,14,25,27-30H,12-13H2,1H3. The molecule has 4 aromatic rings. The number of phenols is 1. The Morgan fingerprint density at radius 1 is 1.03 bits per heavy atom. The van der Waals surface area contributed by atoms with Crippen molar-refractivity contribution in [3.63, 3.8) is 0 Å². The average Bonchev–Trinajstić information content (AvgIpc) is 3.12. The lowest BCUT2D eigenvalue weighted by molar-refractivity contribution is 0.215. The number of nitrogens with one attached hydrogen (secondary N) is 2. The largest absolute Gasteiger partial charge is 0.508 e. The number of aliphatic hydroxyl groups is 1. The summed E-state index contributed by atoms with van der Waals surface area (Å²) in [6.07, 6.45) is -0.0957. The Balaban J connectivity index is 1.64. The van der Waals surface area contributed by atoms with E-state index in [0.717, 1.165) is 39.0 Å². The van der Waals surface area contributed by atoms with Crippen LogP contribution in [0.25, 0.3) is 10.9 Å². The molecule has 4 N–H and O–H groups in total. The molecular weight excluding hydrogens is 374 g/mol. The van der Waals surface area contributed by atoms with E-state index in [9.17, 15) is 10.2 Å². The molecule has 0 saturated carbocycles. The van der Waals surface area contributed by atoms with Crippen molar-refractivity contribution in [3.8, 4) is 11.8 Å². The Morgan fingerprint density at radius 3 is 2.47 bits per heavy atom. The van der Waals surface area contributed by atoms with Crippen molar-refractivity contribution in [1.29, 1.82) is 5.26 Å². The zero-order valence-corrected chi connectivity index (χ0v) is 16.7. The summed E-state index contributed by atoms with van der Waals surface area (Å²) in [5.41, 5.74) is 6.22. The van der Waals surface area contributed by atoms with Gasteiger partial charge in [0.05, 0.1) is 17.3 Å². The lowest BCUT2D eigenvalue weighted by Crippen LogP contribution is -2.09. The average molecular weight is 397 g/mol. The molecule has 1 aromatic heterocycles. The molecule has 1 unspecified atom stereocenters. The van der Waals surface area contributed by atoms with Crippen molar-refractivity contribution < 1.29 is 10.2 Å². The number of anilines is 1. The predicted octanol–water partition coefficient (Wildman–Crippen LogP) is 4.79. The van der Waals surface area contributed by atoms with Gasteiger partial charge < -0.3 is 20.5 Å². The molecule has 30 heavy (non-hydrogen) atoms. The van der Waals surface area contributed by atoms with Gasteiger partial charge in [-0.25, -0.2) is 0 Å². The number of hydrogen-bond donors (Lipinski definition) is 4. The first-order valence-corrected chi connectivity index (χ1v) is 9.87. The highest BCUT2D eigenvalue weighted by Gasteiger charge is 2.20. The molecule has 1 atom stereocenters. The monoisotopic (exact) mass is 397 g/mol. The minimum atomic E-state index is -0.811. The van der Waals surface area contributed by atoms with Gasteiger partial charge in [-0.05, 0) is 73.0 Å². The SMILES string of the molecule is Cc1ccc2[nH]c(C(O)c3ccc(C#N)cc3)c(CCNc3ccc(O)cc3)c2c1. The molecular formula is C25H23N3O2. The Labute approximate surface area is 175 Å². The highest BCUT2D eigenvalue weighted by atomic mass is 16.3. The Morgan fingerprint density at radius 2 is 1.77 bits per heavy atom. The summed E-state index contributed by atoms with van der Waals surface area (Å²) in [5, 5.41) is 34.0. The number of aliphatic hydroxyl groups excluding tert-OH is 1. The van der Waals surface area contributed by atoms with Crippen LogP contribution in [-0.2, 0) is 6.42 Å². The van der Waals surface area contributed by atoms with Gasteiger partial charge in [0.15, 0.2) is 0 Å². The van der Waals surface area contributed by atoms with Crippen LogP contribution in [0.4, 0.5) is 5.69 Å². The summed E-state index contributed by atoms with van der Waals surface area (Å²) >= 11 is 0. The highest BCUT2D eigenvalue weighted by Crippen LogP contribution is 2.31. The minimum absolute atomic E-state index is 0.237. The number of rotatable bonds is 6. The zero-order chi connectivity index (χ0) is 21.1. The lowest BCUT2D eigenvalue weighted by atomic mass is 9.98. The molecule has 4 rings (SSSR count). The van der Waals surface area contributed by atoms with Crippen molar-refractivity contribution in [2.75, 3.05) is 11.9 Å². The third kappa shape index (κ3) is 4.00. The van der Waals surface area contributed by atoms with E-state index in [4.69, 9.17) is 5.26 Å². The van der Waals surface area contributed by atoms with Gasteiger partial charge in [0.2, 0.25) is 0 Å². The normalized spacial score (nSPS) is 11.9. The van der Waals surface area contributed by atoms with Crippen LogP contribution in [0.1, 0.15) is 34.1 Å². The Hall–Kier alpha value is -3.75. The van der Waals surface area contributed by atoms with Gasteiger partial charge in [0.25, 0.3) is 0 Å². The molecule has 150 valence electrons. The quantitative estimate of drug-likeness (QED) is 0.352. The number of phenolic OH excluding ortho intramolecular Hbond substituents is 1. The van der Waals surface area contributed by atoms with Crippen LogP contribution in [-0.4, -0.2) is 21.7 Å². The maximum Gasteiger partial charge on any atom is 0.119 e. The van der Waals surface area contributed by atoms with Crippen molar-refractivity contribution in [1.82, 2.24) is 4.98 Å². The van der Waals surface area contributed by atoms with Crippen molar-refractivity contribution in [3.05, 3.63) is 94.7 Å². The molecule has 0 radical (unpaired) electrons. The van der Waals surface area contributed by atoms with Gasteiger partial charge in [0, 0.05) is 23.1 Å². The van der Waals surface area contributed by atoms with Gasteiger partial charge in [-0.3, -0.25) is 0 Å². The fourth-order valence-corrected chi connectivity index (χ4v) is 3.70. The highest BCUT2D eigenvalue weighted by molar-refractivity contribution is 5.85. The number of benzene rings is 3. The zero-order valence-electron chi connectivity index (χ0n) is 16.7. The number of nitrogens with zero attached hydrogens (tertiary/aromatic N) is 1. The number of H-pyrrole nitrogens is 1. The Kier molecular flexibility index (Phi) is 5.42. The van der Waals surface area contributed by atoms with Crippen molar-refractivity contribution >= 4 is 16.6 Å². The van der Waals surface area contributed by atoms with E-state index < -0.39 is 6.10 Å². The molecule has 0 aliphatic rings.